The zero-order chi connectivity index (χ0) is 17.8. The van der Waals surface area contributed by atoms with E-state index in [1.54, 1.807) is 12.1 Å². The summed E-state index contributed by atoms with van der Waals surface area (Å²) >= 11 is 5.88. The van der Waals surface area contributed by atoms with Gasteiger partial charge in [0.2, 0.25) is 0 Å². The summed E-state index contributed by atoms with van der Waals surface area (Å²) in [5.41, 5.74) is 2.32. The predicted molar refractivity (Wildman–Crippen MR) is 100 cm³/mol. The highest BCUT2D eigenvalue weighted by Crippen LogP contribution is 2.18. The van der Waals surface area contributed by atoms with E-state index in [-0.39, 0.29) is 6.61 Å². The molecule has 5 heteroatoms. The number of halogens is 1. The lowest BCUT2D eigenvalue weighted by Gasteiger charge is -2.12. The number of rotatable bonds is 7. The third-order valence-corrected chi connectivity index (χ3v) is 4.61. The van der Waals surface area contributed by atoms with Crippen LogP contribution in [-0.2, 0) is 20.0 Å². The molecule has 0 amide bonds. The molecule has 1 atom stereocenters. The quantitative estimate of drug-likeness (QED) is 0.655. The predicted octanol–water partition coefficient (Wildman–Crippen LogP) is 3.51. The molecule has 1 heterocycles. The van der Waals surface area contributed by atoms with Gasteiger partial charge in [0.15, 0.2) is 11.0 Å². The van der Waals surface area contributed by atoms with Crippen LogP contribution in [0.2, 0.25) is 5.02 Å². The molecule has 0 bridgehead atoms. The molecule has 0 fully saturated rings. The molecular weight excluding hydrogens is 336 g/mol. The van der Waals surface area contributed by atoms with E-state index in [1.807, 2.05) is 24.3 Å². The van der Waals surface area contributed by atoms with Crippen molar-refractivity contribution in [1.29, 1.82) is 0 Å². The molecule has 4 nitrogen and oxygen atoms in total. The van der Waals surface area contributed by atoms with Gasteiger partial charge in [-0.15, -0.1) is 0 Å². The van der Waals surface area contributed by atoms with Gasteiger partial charge in [-0.3, -0.25) is 0 Å². The maximum absolute atomic E-state index is 10.5. The molecule has 1 aromatic heterocycles. The minimum Gasteiger partial charge on any atom is -0.491 e. The first-order valence-corrected chi connectivity index (χ1v) is 9.00. The summed E-state index contributed by atoms with van der Waals surface area (Å²) in [6.45, 7) is 2.91. The average Bonchev–Trinajstić information content (AvgIpc) is 2.88. The van der Waals surface area contributed by atoms with Gasteiger partial charge in [-0.05, 0) is 42.8 Å². The zero-order valence-corrected chi connectivity index (χ0v) is 15.4. The summed E-state index contributed by atoms with van der Waals surface area (Å²) in [4.78, 5) is 0. The molecule has 0 aliphatic rings. The number of para-hydroxylation sites is 2. The molecule has 3 aromatic rings. The van der Waals surface area contributed by atoms with Gasteiger partial charge in [0, 0.05) is 11.4 Å². The number of nitrogens with zero attached hydrogens (tertiary/aromatic N) is 2. The highest BCUT2D eigenvalue weighted by atomic mass is 35.5. The highest BCUT2D eigenvalue weighted by molar-refractivity contribution is 6.30. The molecule has 0 radical (unpaired) electrons. The van der Waals surface area contributed by atoms with E-state index in [4.69, 9.17) is 16.3 Å². The molecule has 3 rings (SSSR count). The molecule has 0 unspecified atom stereocenters. The maximum atomic E-state index is 10.5. The van der Waals surface area contributed by atoms with Gasteiger partial charge >= 0.3 is 0 Å². The van der Waals surface area contributed by atoms with E-state index >= 15 is 0 Å². The lowest BCUT2D eigenvalue weighted by atomic mass is 10.3. The van der Waals surface area contributed by atoms with Crippen molar-refractivity contribution >= 4 is 22.6 Å². The normalized spacial score (nSPS) is 12.5. The number of imidazole rings is 1. The minimum absolute atomic E-state index is 0.240. The van der Waals surface area contributed by atoms with Crippen molar-refractivity contribution in [3.63, 3.8) is 0 Å². The van der Waals surface area contributed by atoms with Crippen LogP contribution in [0.4, 0.5) is 0 Å². The van der Waals surface area contributed by atoms with E-state index in [2.05, 4.69) is 35.2 Å². The van der Waals surface area contributed by atoms with Crippen molar-refractivity contribution in [2.75, 3.05) is 6.61 Å². The van der Waals surface area contributed by atoms with E-state index < -0.39 is 6.10 Å². The molecule has 132 valence electrons. The average molecular weight is 360 g/mol. The summed E-state index contributed by atoms with van der Waals surface area (Å²) in [6, 6.07) is 15.5. The van der Waals surface area contributed by atoms with Gasteiger partial charge in [-0.25, -0.2) is 9.13 Å². The Morgan fingerprint density at radius 2 is 1.88 bits per heavy atom. The van der Waals surface area contributed by atoms with Gasteiger partial charge in [0.05, 0.1) is 7.05 Å². The molecular formula is C20H24ClN2O2+. The van der Waals surface area contributed by atoms with Crippen LogP contribution in [-0.4, -0.2) is 22.4 Å². The zero-order valence-electron chi connectivity index (χ0n) is 14.7. The van der Waals surface area contributed by atoms with Crippen molar-refractivity contribution in [2.24, 2.45) is 7.05 Å². The number of benzene rings is 2. The molecule has 0 saturated heterocycles. The lowest BCUT2D eigenvalue weighted by Crippen LogP contribution is -2.34. The number of aliphatic hydroxyl groups is 1. The first kappa shape index (κ1) is 17.8. The second kappa shape index (κ2) is 7.89. The number of aromatic nitrogens is 2. The fourth-order valence-electron chi connectivity index (χ4n) is 3.15. The van der Waals surface area contributed by atoms with Gasteiger partial charge in [0.1, 0.15) is 25.0 Å². The number of fused-ring (bicyclic) bond motifs is 1. The fraction of sp³-hybridized carbons (Fsp3) is 0.350. The van der Waals surface area contributed by atoms with E-state index in [0.29, 0.717) is 17.3 Å². The van der Waals surface area contributed by atoms with Gasteiger partial charge in [-0.2, -0.15) is 0 Å². The number of aliphatic hydroxyl groups excluding tert-OH is 1. The maximum Gasteiger partial charge on any atom is 0.257 e. The van der Waals surface area contributed by atoms with Crippen molar-refractivity contribution in [3.8, 4) is 5.75 Å². The highest BCUT2D eigenvalue weighted by Gasteiger charge is 2.23. The first-order chi connectivity index (χ1) is 12.1. The van der Waals surface area contributed by atoms with E-state index in [9.17, 15) is 5.11 Å². The molecule has 0 spiro atoms. The Morgan fingerprint density at radius 1 is 1.16 bits per heavy atom. The Morgan fingerprint density at radius 3 is 2.60 bits per heavy atom. The van der Waals surface area contributed by atoms with Crippen LogP contribution in [0, 0.1) is 0 Å². The standard InChI is InChI=1S/C20H24ClN2O2/c1-3-6-20-22(2)18-7-4-5-8-19(18)23(20)13-16(24)14-25-17-11-9-15(21)10-12-17/h4-5,7-12,16,24H,3,6,13-14H2,1-2H3/q+1/t16-/m0/s1. The summed E-state index contributed by atoms with van der Waals surface area (Å²) in [6.07, 6.45) is 1.43. The third-order valence-electron chi connectivity index (χ3n) is 4.36. The number of hydrogen-bond donors (Lipinski definition) is 1. The topological polar surface area (TPSA) is 38.3 Å². The second-order valence-electron chi connectivity index (χ2n) is 6.24. The monoisotopic (exact) mass is 359 g/mol. The summed E-state index contributed by atoms with van der Waals surface area (Å²) in [5.74, 6) is 1.93. The number of hydrogen-bond acceptors (Lipinski definition) is 2. The molecule has 0 saturated carbocycles. The molecule has 0 aliphatic carbocycles. The summed E-state index contributed by atoms with van der Waals surface area (Å²) in [7, 11) is 2.08. The van der Waals surface area contributed by atoms with Crippen LogP contribution in [0.3, 0.4) is 0 Å². The Balaban J connectivity index is 1.77. The second-order valence-corrected chi connectivity index (χ2v) is 6.68. The molecule has 0 aliphatic heterocycles. The third kappa shape index (κ3) is 3.97. The van der Waals surface area contributed by atoms with E-state index in [0.717, 1.165) is 18.4 Å². The van der Waals surface area contributed by atoms with Crippen LogP contribution in [0.1, 0.15) is 19.2 Å². The fourth-order valence-corrected chi connectivity index (χ4v) is 3.28. The van der Waals surface area contributed by atoms with Crippen LogP contribution in [0.5, 0.6) is 5.75 Å². The van der Waals surface area contributed by atoms with Gasteiger partial charge < -0.3 is 9.84 Å². The van der Waals surface area contributed by atoms with Crippen molar-refractivity contribution in [1.82, 2.24) is 4.57 Å². The Labute approximate surface area is 153 Å². The SMILES string of the molecule is CCCc1n(C[C@H](O)COc2ccc(Cl)cc2)c2ccccc2[n+]1C. The lowest BCUT2D eigenvalue weighted by molar-refractivity contribution is -0.654. The van der Waals surface area contributed by atoms with Crippen LogP contribution in [0.25, 0.3) is 11.0 Å². The molecule has 2 aromatic carbocycles. The Hall–Kier alpha value is -2.04. The van der Waals surface area contributed by atoms with E-state index in [1.165, 1.54) is 11.3 Å². The summed E-state index contributed by atoms with van der Waals surface area (Å²) < 4.78 is 10.1. The largest absolute Gasteiger partial charge is 0.491 e. The Kier molecular flexibility index (Phi) is 5.61. The van der Waals surface area contributed by atoms with Crippen LogP contribution >= 0.6 is 11.6 Å². The van der Waals surface area contributed by atoms with Crippen LogP contribution in [0.15, 0.2) is 48.5 Å². The summed E-state index contributed by atoms with van der Waals surface area (Å²) in [5, 5.41) is 11.2. The minimum atomic E-state index is -0.595. The van der Waals surface area contributed by atoms with Crippen LogP contribution < -0.4 is 9.30 Å². The Bertz CT molecular complexity index is 843. The smallest absolute Gasteiger partial charge is 0.257 e. The van der Waals surface area contributed by atoms with Gasteiger partial charge in [0.25, 0.3) is 5.82 Å². The van der Waals surface area contributed by atoms with Crippen molar-refractivity contribution in [3.05, 3.63) is 59.4 Å². The molecule has 25 heavy (non-hydrogen) atoms. The first-order valence-electron chi connectivity index (χ1n) is 8.62. The molecule has 1 N–H and O–H groups in total. The van der Waals surface area contributed by atoms with Gasteiger partial charge in [-0.1, -0.05) is 30.7 Å². The van der Waals surface area contributed by atoms with Crippen molar-refractivity contribution < 1.29 is 14.4 Å². The van der Waals surface area contributed by atoms with Crippen molar-refractivity contribution in [2.45, 2.75) is 32.4 Å². The number of aryl methyl sites for hydroxylation is 1. The number of ether oxygens (including phenoxy) is 1.